The van der Waals surface area contributed by atoms with E-state index in [0.29, 0.717) is 17.0 Å². The summed E-state index contributed by atoms with van der Waals surface area (Å²) in [5.41, 5.74) is 1.62. The van der Waals surface area contributed by atoms with E-state index in [1.54, 1.807) is 12.1 Å². The lowest BCUT2D eigenvalue weighted by atomic mass is 9.79. The van der Waals surface area contributed by atoms with Crippen LogP contribution in [0.15, 0.2) is 46.9 Å². The van der Waals surface area contributed by atoms with Gasteiger partial charge in [-0.25, -0.2) is 4.39 Å². The van der Waals surface area contributed by atoms with Crippen LogP contribution in [-0.2, 0) is 11.8 Å². The maximum Gasteiger partial charge on any atom is 0.127 e. The van der Waals surface area contributed by atoms with Crippen molar-refractivity contribution in [1.82, 2.24) is 0 Å². The summed E-state index contributed by atoms with van der Waals surface area (Å²) in [5, 5.41) is 1.88. The molecule has 0 bridgehead atoms. The first-order chi connectivity index (χ1) is 10.0. The molecule has 0 unspecified atom stereocenters. The Labute approximate surface area is 154 Å². The third-order valence-corrected chi connectivity index (χ3v) is 6.42. The van der Waals surface area contributed by atoms with E-state index >= 15 is 0 Å². The van der Waals surface area contributed by atoms with E-state index in [4.69, 9.17) is 11.6 Å². The zero-order valence-corrected chi connectivity index (χ0v) is 16.6. The largest absolute Gasteiger partial charge is 0.207 e. The fourth-order valence-electron chi connectivity index (χ4n) is 2.22. The Hall–Kier alpha value is 0.1000. The van der Waals surface area contributed by atoms with Crippen molar-refractivity contribution in [3.8, 4) is 0 Å². The lowest BCUT2D eigenvalue weighted by Gasteiger charge is -2.31. The van der Waals surface area contributed by atoms with Crippen LogP contribution in [0.5, 0.6) is 0 Å². The van der Waals surface area contributed by atoms with E-state index in [2.05, 4.69) is 59.9 Å². The number of hydrogen-bond donors (Lipinski definition) is 0. The van der Waals surface area contributed by atoms with Gasteiger partial charge in [0, 0.05) is 25.6 Å². The van der Waals surface area contributed by atoms with Crippen molar-refractivity contribution < 1.29 is 4.39 Å². The summed E-state index contributed by atoms with van der Waals surface area (Å²) in [4.78, 5) is 0. The molecule has 5 heteroatoms. The standard InChI is InChI=1S/C16H13Br3ClF/c17-9-16(10-18,12-2-4-13(19)5-3-12)8-11-1-6-14(20)7-15(11)21/h1-7H,8-10H2. The number of halogens is 5. The Morgan fingerprint density at radius 3 is 2.14 bits per heavy atom. The number of rotatable bonds is 5. The molecule has 0 radical (unpaired) electrons. The monoisotopic (exact) mass is 496 g/mol. The second-order valence-corrected chi connectivity index (χ2v) is 7.44. The first kappa shape index (κ1) is 17.5. The molecule has 0 heterocycles. The molecule has 0 atom stereocenters. The number of benzene rings is 2. The van der Waals surface area contributed by atoms with Gasteiger partial charge in [0.15, 0.2) is 0 Å². The first-order valence-electron chi connectivity index (χ1n) is 6.33. The Balaban J connectivity index is 2.40. The molecule has 112 valence electrons. The van der Waals surface area contributed by atoms with Crippen LogP contribution < -0.4 is 0 Å². The Morgan fingerprint density at radius 2 is 1.62 bits per heavy atom. The van der Waals surface area contributed by atoms with Gasteiger partial charge in [-0.05, 0) is 41.8 Å². The molecule has 0 aliphatic heterocycles. The van der Waals surface area contributed by atoms with Gasteiger partial charge in [-0.1, -0.05) is 77.6 Å². The zero-order valence-electron chi connectivity index (χ0n) is 11.1. The van der Waals surface area contributed by atoms with E-state index in [-0.39, 0.29) is 11.2 Å². The van der Waals surface area contributed by atoms with Crippen molar-refractivity contribution in [1.29, 1.82) is 0 Å². The minimum absolute atomic E-state index is 0.213. The van der Waals surface area contributed by atoms with E-state index in [1.165, 1.54) is 6.07 Å². The second-order valence-electron chi connectivity index (χ2n) is 4.97. The molecule has 2 rings (SSSR count). The quantitative estimate of drug-likeness (QED) is 0.412. The highest BCUT2D eigenvalue weighted by atomic mass is 79.9. The van der Waals surface area contributed by atoms with Crippen LogP contribution >= 0.6 is 59.4 Å². The highest BCUT2D eigenvalue weighted by Gasteiger charge is 2.31. The van der Waals surface area contributed by atoms with Crippen molar-refractivity contribution in [2.24, 2.45) is 0 Å². The topological polar surface area (TPSA) is 0 Å². The highest BCUT2D eigenvalue weighted by molar-refractivity contribution is 9.10. The molecular formula is C16H13Br3ClF. The maximum absolute atomic E-state index is 14.1. The predicted octanol–water partition coefficient (Wildman–Crippen LogP) is 6.51. The molecule has 2 aromatic carbocycles. The van der Waals surface area contributed by atoms with Gasteiger partial charge < -0.3 is 0 Å². The maximum atomic E-state index is 14.1. The van der Waals surface area contributed by atoms with Gasteiger partial charge in [0.25, 0.3) is 0 Å². The van der Waals surface area contributed by atoms with Crippen LogP contribution in [0.25, 0.3) is 0 Å². The van der Waals surface area contributed by atoms with Gasteiger partial charge in [0.05, 0.1) is 0 Å². The van der Waals surface area contributed by atoms with E-state index in [0.717, 1.165) is 20.7 Å². The summed E-state index contributed by atoms with van der Waals surface area (Å²) < 4.78 is 15.1. The van der Waals surface area contributed by atoms with Crippen LogP contribution in [-0.4, -0.2) is 10.7 Å². The Bertz CT molecular complexity index is 609. The third kappa shape index (κ3) is 4.10. The summed E-state index contributed by atoms with van der Waals surface area (Å²) in [6.45, 7) is 0. The summed E-state index contributed by atoms with van der Waals surface area (Å²) in [5.74, 6) is -0.258. The summed E-state index contributed by atoms with van der Waals surface area (Å²) in [7, 11) is 0. The fraction of sp³-hybridized carbons (Fsp3) is 0.250. The van der Waals surface area contributed by atoms with Gasteiger partial charge in [-0.3, -0.25) is 0 Å². The lowest BCUT2D eigenvalue weighted by molar-refractivity contribution is 0.523. The van der Waals surface area contributed by atoms with Crippen LogP contribution in [0.1, 0.15) is 11.1 Å². The molecule has 2 aromatic rings. The summed E-state index contributed by atoms with van der Waals surface area (Å²) in [6.07, 6.45) is 0.591. The highest BCUT2D eigenvalue weighted by Crippen LogP contribution is 2.34. The molecule has 21 heavy (non-hydrogen) atoms. The van der Waals surface area contributed by atoms with Crippen molar-refractivity contribution in [2.75, 3.05) is 10.7 Å². The van der Waals surface area contributed by atoms with Crippen molar-refractivity contribution in [2.45, 2.75) is 11.8 Å². The van der Waals surface area contributed by atoms with Gasteiger partial charge in [0.1, 0.15) is 5.82 Å². The summed E-state index contributed by atoms with van der Waals surface area (Å²) in [6, 6.07) is 13.0. The average Bonchev–Trinajstić information content (AvgIpc) is 2.48. The van der Waals surface area contributed by atoms with Crippen LogP contribution in [0.3, 0.4) is 0 Å². The summed E-state index contributed by atoms with van der Waals surface area (Å²) >= 11 is 16.5. The van der Waals surface area contributed by atoms with E-state index in [1.807, 2.05) is 12.1 Å². The van der Waals surface area contributed by atoms with Crippen LogP contribution in [0, 0.1) is 5.82 Å². The number of alkyl halides is 2. The zero-order chi connectivity index (χ0) is 15.5. The molecule has 0 saturated carbocycles. The Morgan fingerprint density at radius 1 is 1.00 bits per heavy atom. The van der Waals surface area contributed by atoms with Crippen LogP contribution in [0.4, 0.5) is 4.39 Å². The lowest BCUT2D eigenvalue weighted by Crippen LogP contribution is -2.33. The molecule has 0 amide bonds. The van der Waals surface area contributed by atoms with Crippen LogP contribution in [0.2, 0.25) is 5.02 Å². The molecule has 0 aliphatic rings. The number of hydrogen-bond acceptors (Lipinski definition) is 0. The molecule has 0 spiro atoms. The molecule has 0 N–H and O–H groups in total. The smallest absolute Gasteiger partial charge is 0.127 e. The van der Waals surface area contributed by atoms with Gasteiger partial charge in [-0.15, -0.1) is 0 Å². The average molecular weight is 499 g/mol. The predicted molar refractivity (Wildman–Crippen MR) is 98.5 cm³/mol. The second kappa shape index (κ2) is 7.58. The van der Waals surface area contributed by atoms with Gasteiger partial charge >= 0.3 is 0 Å². The van der Waals surface area contributed by atoms with E-state index in [9.17, 15) is 4.39 Å². The van der Waals surface area contributed by atoms with Gasteiger partial charge in [0.2, 0.25) is 0 Å². The van der Waals surface area contributed by atoms with Crippen molar-refractivity contribution in [3.63, 3.8) is 0 Å². The van der Waals surface area contributed by atoms with Gasteiger partial charge in [-0.2, -0.15) is 0 Å². The minimum Gasteiger partial charge on any atom is -0.207 e. The molecular weight excluding hydrogens is 486 g/mol. The SMILES string of the molecule is Fc1cc(Cl)ccc1CC(CBr)(CBr)c1ccc(Br)cc1. The molecule has 0 saturated heterocycles. The molecule has 0 nitrogen and oxygen atoms in total. The molecule has 0 fully saturated rings. The fourth-order valence-corrected chi connectivity index (χ4v) is 4.62. The Kier molecular flexibility index (Phi) is 6.30. The van der Waals surface area contributed by atoms with Crippen molar-refractivity contribution in [3.05, 3.63) is 68.9 Å². The van der Waals surface area contributed by atoms with Crippen molar-refractivity contribution >= 4 is 59.4 Å². The van der Waals surface area contributed by atoms with E-state index < -0.39 is 0 Å². The molecule has 0 aliphatic carbocycles. The minimum atomic E-state index is -0.258. The first-order valence-corrected chi connectivity index (χ1v) is 9.74. The normalized spacial score (nSPS) is 11.7. The third-order valence-electron chi connectivity index (χ3n) is 3.51. The molecule has 0 aromatic heterocycles.